The van der Waals surface area contributed by atoms with Crippen LogP contribution < -0.4 is 4.74 Å². The quantitative estimate of drug-likeness (QED) is 0.916. The molecule has 104 valence electrons. The number of benzene rings is 2. The summed E-state index contributed by atoms with van der Waals surface area (Å²) in [7, 11) is 0. The zero-order chi connectivity index (χ0) is 14.7. The van der Waals surface area contributed by atoms with Crippen molar-refractivity contribution in [3.05, 3.63) is 64.2 Å². The second-order valence-electron chi connectivity index (χ2n) is 5.02. The highest BCUT2D eigenvalue weighted by Crippen LogP contribution is 2.22. The van der Waals surface area contributed by atoms with Gasteiger partial charge in [0.2, 0.25) is 0 Å². The third-order valence-corrected chi connectivity index (χ3v) is 3.26. The topological polar surface area (TPSA) is 46.5 Å². The van der Waals surface area contributed by atoms with Gasteiger partial charge in [-0.25, -0.2) is 4.79 Å². The largest absolute Gasteiger partial charge is 0.488 e. The zero-order valence-corrected chi connectivity index (χ0v) is 11.9. The Morgan fingerprint density at radius 3 is 2.40 bits per heavy atom. The van der Waals surface area contributed by atoms with E-state index >= 15 is 0 Å². The molecule has 20 heavy (non-hydrogen) atoms. The van der Waals surface area contributed by atoms with Crippen LogP contribution in [0.15, 0.2) is 36.4 Å². The van der Waals surface area contributed by atoms with Crippen LogP contribution in [0.3, 0.4) is 0 Å². The molecular weight excluding hydrogens is 252 g/mol. The molecule has 3 heteroatoms. The second kappa shape index (κ2) is 5.78. The Labute approximate surface area is 118 Å². The van der Waals surface area contributed by atoms with E-state index in [0.29, 0.717) is 12.4 Å². The highest BCUT2D eigenvalue weighted by atomic mass is 16.5. The SMILES string of the molecule is Cc1ccc(C)c(COc2cc(C)ccc2C(=O)O)c1. The van der Waals surface area contributed by atoms with Crippen molar-refractivity contribution in [1.82, 2.24) is 0 Å². The first kappa shape index (κ1) is 14.1. The molecule has 0 aliphatic heterocycles. The van der Waals surface area contributed by atoms with Gasteiger partial charge < -0.3 is 9.84 Å². The van der Waals surface area contributed by atoms with E-state index in [9.17, 15) is 9.90 Å². The molecule has 3 nitrogen and oxygen atoms in total. The van der Waals surface area contributed by atoms with E-state index in [-0.39, 0.29) is 5.56 Å². The van der Waals surface area contributed by atoms with Crippen LogP contribution in [0.2, 0.25) is 0 Å². The molecule has 0 aliphatic rings. The van der Waals surface area contributed by atoms with Gasteiger partial charge >= 0.3 is 5.97 Å². The van der Waals surface area contributed by atoms with Gasteiger partial charge in [0.25, 0.3) is 0 Å². The molecule has 0 aromatic heterocycles. The van der Waals surface area contributed by atoms with Gasteiger partial charge in [-0.3, -0.25) is 0 Å². The lowest BCUT2D eigenvalue weighted by Crippen LogP contribution is -2.04. The van der Waals surface area contributed by atoms with Gasteiger partial charge in [-0.05, 0) is 49.6 Å². The van der Waals surface area contributed by atoms with Crippen molar-refractivity contribution in [2.75, 3.05) is 0 Å². The van der Waals surface area contributed by atoms with Gasteiger partial charge in [-0.1, -0.05) is 29.8 Å². The lowest BCUT2D eigenvalue weighted by atomic mass is 10.1. The molecule has 0 bridgehead atoms. The summed E-state index contributed by atoms with van der Waals surface area (Å²) in [6, 6.07) is 11.3. The third-order valence-electron chi connectivity index (χ3n) is 3.26. The van der Waals surface area contributed by atoms with Crippen LogP contribution in [-0.2, 0) is 6.61 Å². The minimum absolute atomic E-state index is 0.195. The number of hydrogen-bond acceptors (Lipinski definition) is 2. The van der Waals surface area contributed by atoms with Crippen molar-refractivity contribution in [2.45, 2.75) is 27.4 Å². The Balaban J connectivity index is 2.24. The van der Waals surface area contributed by atoms with Crippen LogP contribution >= 0.6 is 0 Å². The standard InChI is InChI=1S/C17H18O3/c1-11-4-6-13(3)14(8-11)10-20-16-9-12(2)5-7-15(16)17(18)19/h4-9H,10H2,1-3H3,(H,18,19). The molecule has 0 fully saturated rings. The van der Waals surface area contributed by atoms with Crippen molar-refractivity contribution in [2.24, 2.45) is 0 Å². The maximum absolute atomic E-state index is 11.2. The summed E-state index contributed by atoms with van der Waals surface area (Å²) in [6.07, 6.45) is 0. The number of hydrogen-bond donors (Lipinski definition) is 1. The van der Waals surface area contributed by atoms with Crippen molar-refractivity contribution in [3.8, 4) is 5.75 Å². The highest BCUT2D eigenvalue weighted by molar-refractivity contribution is 5.90. The number of carbonyl (C=O) groups is 1. The minimum Gasteiger partial charge on any atom is -0.488 e. The molecular formula is C17H18O3. The number of aryl methyl sites for hydroxylation is 3. The van der Waals surface area contributed by atoms with Crippen molar-refractivity contribution >= 4 is 5.97 Å². The van der Waals surface area contributed by atoms with E-state index in [1.807, 2.05) is 32.9 Å². The number of carboxylic acids is 1. The van der Waals surface area contributed by atoms with Gasteiger partial charge in [-0.15, -0.1) is 0 Å². The molecule has 0 amide bonds. The number of carboxylic acid groups (broad SMARTS) is 1. The summed E-state index contributed by atoms with van der Waals surface area (Å²) >= 11 is 0. The summed E-state index contributed by atoms with van der Waals surface area (Å²) in [4.78, 5) is 11.2. The monoisotopic (exact) mass is 270 g/mol. The van der Waals surface area contributed by atoms with Gasteiger partial charge in [0.1, 0.15) is 17.9 Å². The molecule has 2 rings (SSSR count). The molecule has 0 saturated heterocycles. The van der Waals surface area contributed by atoms with Crippen molar-refractivity contribution < 1.29 is 14.6 Å². The number of aromatic carboxylic acids is 1. The number of ether oxygens (including phenoxy) is 1. The van der Waals surface area contributed by atoms with Crippen molar-refractivity contribution in [3.63, 3.8) is 0 Å². The summed E-state index contributed by atoms with van der Waals surface area (Å²) in [6.45, 7) is 6.33. The lowest BCUT2D eigenvalue weighted by Gasteiger charge is -2.12. The van der Waals surface area contributed by atoms with Crippen LogP contribution in [0, 0.1) is 20.8 Å². The Morgan fingerprint density at radius 1 is 1.05 bits per heavy atom. The zero-order valence-electron chi connectivity index (χ0n) is 11.9. The molecule has 0 radical (unpaired) electrons. The lowest BCUT2D eigenvalue weighted by molar-refractivity contribution is 0.0692. The predicted octanol–water partition coefficient (Wildman–Crippen LogP) is 3.89. The molecule has 2 aromatic carbocycles. The summed E-state index contributed by atoms with van der Waals surface area (Å²) < 4.78 is 5.72. The van der Waals surface area contributed by atoms with E-state index in [4.69, 9.17) is 4.74 Å². The molecule has 0 atom stereocenters. The summed E-state index contributed by atoms with van der Waals surface area (Å²) in [5.74, 6) is -0.556. The number of rotatable bonds is 4. The fourth-order valence-electron chi connectivity index (χ4n) is 2.04. The van der Waals surface area contributed by atoms with Crippen molar-refractivity contribution in [1.29, 1.82) is 0 Å². The van der Waals surface area contributed by atoms with Gasteiger partial charge in [0.15, 0.2) is 0 Å². The maximum Gasteiger partial charge on any atom is 0.339 e. The highest BCUT2D eigenvalue weighted by Gasteiger charge is 2.11. The van der Waals surface area contributed by atoms with E-state index in [1.165, 1.54) is 0 Å². The molecule has 0 saturated carbocycles. The predicted molar refractivity (Wildman–Crippen MR) is 78.4 cm³/mol. The fourth-order valence-corrected chi connectivity index (χ4v) is 2.04. The first-order chi connectivity index (χ1) is 9.47. The van der Waals surface area contributed by atoms with Crippen LogP contribution in [0.4, 0.5) is 0 Å². The van der Waals surface area contributed by atoms with Gasteiger partial charge in [0.05, 0.1) is 0 Å². The molecule has 0 heterocycles. The van der Waals surface area contributed by atoms with Gasteiger partial charge in [0, 0.05) is 0 Å². The summed E-state index contributed by atoms with van der Waals surface area (Å²) in [5, 5.41) is 9.17. The smallest absolute Gasteiger partial charge is 0.339 e. The fraction of sp³-hybridized carbons (Fsp3) is 0.235. The molecule has 0 spiro atoms. The van der Waals surface area contributed by atoms with Crippen LogP contribution in [-0.4, -0.2) is 11.1 Å². The summed E-state index contributed by atoms with van der Waals surface area (Å²) in [5.41, 5.74) is 4.55. The van der Waals surface area contributed by atoms with Crippen LogP contribution in [0.5, 0.6) is 5.75 Å². The van der Waals surface area contributed by atoms with E-state index < -0.39 is 5.97 Å². The first-order valence-electron chi connectivity index (χ1n) is 6.50. The first-order valence-corrected chi connectivity index (χ1v) is 6.50. The molecule has 1 N–H and O–H groups in total. The van der Waals surface area contributed by atoms with E-state index in [1.54, 1.807) is 18.2 Å². The Hall–Kier alpha value is -2.29. The van der Waals surface area contributed by atoms with Crippen LogP contribution in [0.1, 0.15) is 32.6 Å². The van der Waals surface area contributed by atoms with E-state index in [2.05, 4.69) is 6.07 Å². The Kier molecular flexibility index (Phi) is 4.08. The molecule has 0 unspecified atom stereocenters. The maximum atomic E-state index is 11.2. The average molecular weight is 270 g/mol. The average Bonchev–Trinajstić information content (AvgIpc) is 2.39. The third kappa shape index (κ3) is 3.18. The normalized spacial score (nSPS) is 10.3. The van der Waals surface area contributed by atoms with Gasteiger partial charge in [-0.2, -0.15) is 0 Å². The van der Waals surface area contributed by atoms with Crippen LogP contribution in [0.25, 0.3) is 0 Å². The van der Waals surface area contributed by atoms with E-state index in [0.717, 1.165) is 22.3 Å². The molecule has 2 aromatic rings. The minimum atomic E-state index is -0.971. The second-order valence-corrected chi connectivity index (χ2v) is 5.02. The molecule has 0 aliphatic carbocycles. The Bertz CT molecular complexity index is 645. The Morgan fingerprint density at radius 2 is 1.70 bits per heavy atom.